The van der Waals surface area contributed by atoms with E-state index in [0.29, 0.717) is 16.8 Å². The van der Waals surface area contributed by atoms with Gasteiger partial charge in [-0.25, -0.2) is 0 Å². The number of rotatable bonds is 5. The third-order valence-corrected chi connectivity index (χ3v) is 6.09. The van der Waals surface area contributed by atoms with Crippen LogP contribution >= 0.6 is 0 Å². The highest BCUT2D eigenvalue weighted by Crippen LogP contribution is 2.30. The second-order valence-electron chi connectivity index (χ2n) is 7.58. The number of benzene rings is 3. The first-order valence-corrected chi connectivity index (χ1v) is 11.2. The van der Waals surface area contributed by atoms with E-state index in [0.717, 1.165) is 11.1 Å². The highest BCUT2D eigenvalue weighted by atomic mass is 32.2. The Bertz CT molecular complexity index is 1170. The number of aryl methyl sites for hydroxylation is 2. The average molecular weight is 422 g/mol. The quantitative estimate of drug-likeness (QED) is 0.476. The van der Waals surface area contributed by atoms with Crippen molar-refractivity contribution >= 4 is 21.5 Å². The molecular weight excluding hydrogens is 396 g/mol. The standard InChI is InChI=1S/C24H26N2O3S/c1-16(2)21-15-23(27)18(4)14-22(21)25-24(19-8-6-5-7-9-19)26-30(28,29)20-12-10-17(3)11-13-20/h5-16,27H,1-4H3,(H,25,26)/p-1. The Morgan fingerprint density at radius 3 is 2.20 bits per heavy atom. The van der Waals surface area contributed by atoms with Gasteiger partial charge in [0.05, 0.1) is 4.90 Å². The average Bonchev–Trinajstić information content (AvgIpc) is 2.70. The van der Waals surface area contributed by atoms with Crippen LogP contribution in [0.1, 0.15) is 42.0 Å². The molecule has 0 saturated heterocycles. The van der Waals surface area contributed by atoms with Crippen LogP contribution < -0.4 is 10.4 Å². The van der Waals surface area contributed by atoms with E-state index in [2.05, 4.69) is 9.71 Å². The first-order valence-electron chi connectivity index (χ1n) is 9.73. The van der Waals surface area contributed by atoms with Gasteiger partial charge in [0.15, 0.2) is 5.84 Å². The summed E-state index contributed by atoms with van der Waals surface area (Å²) in [5.41, 5.74) is 3.65. The minimum atomic E-state index is -3.93. The second-order valence-corrected chi connectivity index (χ2v) is 9.18. The molecule has 0 unspecified atom stereocenters. The molecule has 0 atom stereocenters. The normalized spacial score (nSPS) is 12.2. The van der Waals surface area contributed by atoms with Crippen LogP contribution in [0.2, 0.25) is 0 Å². The summed E-state index contributed by atoms with van der Waals surface area (Å²) in [5, 5.41) is 15.3. The molecule has 5 nitrogen and oxygen atoms in total. The van der Waals surface area contributed by atoms with Gasteiger partial charge in [-0.05, 0) is 43.5 Å². The van der Waals surface area contributed by atoms with Crippen molar-refractivity contribution in [3.8, 4) is 5.75 Å². The van der Waals surface area contributed by atoms with E-state index in [9.17, 15) is 13.5 Å². The van der Waals surface area contributed by atoms with E-state index in [-0.39, 0.29) is 22.4 Å². The third kappa shape index (κ3) is 4.89. The lowest BCUT2D eigenvalue weighted by molar-refractivity contribution is -0.269. The van der Waals surface area contributed by atoms with Crippen molar-refractivity contribution in [2.24, 2.45) is 4.40 Å². The van der Waals surface area contributed by atoms with E-state index < -0.39 is 10.0 Å². The molecule has 0 aliphatic carbocycles. The summed E-state index contributed by atoms with van der Waals surface area (Å²) < 4.78 is 30.1. The zero-order chi connectivity index (χ0) is 21.9. The molecule has 0 aromatic heterocycles. The van der Waals surface area contributed by atoms with E-state index in [4.69, 9.17) is 0 Å². The Hall–Kier alpha value is -3.12. The predicted octanol–water partition coefficient (Wildman–Crippen LogP) is 4.75. The third-order valence-electron chi connectivity index (χ3n) is 4.80. The van der Waals surface area contributed by atoms with Gasteiger partial charge in [0.25, 0.3) is 10.0 Å². The molecule has 0 saturated carbocycles. The van der Waals surface area contributed by atoms with Crippen LogP contribution in [0.15, 0.2) is 76.0 Å². The van der Waals surface area contributed by atoms with E-state index in [1.165, 1.54) is 0 Å². The summed E-state index contributed by atoms with van der Waals surface area (Å²) in [6, 6.07) is 19.0. The van der Waals surface area contributed by atoms with Crippen molar-refractivity contribution in [2.75, 3.05) is 5.32 Å². The largest absolute Gasteiger partial charge is 0.872 e. The van der Waals surface area contributed by atoms with Gasteiger partial charge in [0, 0.05) is 11.3 Å². The number of sulfonamides is 1. The van der Waals surface area contributed by atoms with Gasteiger partial charge in [-0.1, -0.05) is 73.5 Å². The van der Waals surface area contributed by atoms with Crippen molar-refractivity contribution < 1.29 is 13.5 Å². The van der Waals surface area contributed by atoms with E-state index >= 15 is 0 Å². The monoisotopic (exact) mass is 421 g/mol. The Balaban J connectivity index is 2.13. The number of anilines is 1. The first-order chi connectivity index (χ1) is 14.2. The highest BCUT2D eigenvalue weighted by Gasteiger charge is 2.17. The van der Waals surface area contributed by atoms with Gasteiger partial charge in [0.1, 0.15) is 0 Å². The van der Waals surface area contributed by atoms with Gasteiger partial charge in [-0.2, -0.15) is 8.42 Å². The molecule has 0 bridgehead atoms. The SMILES string of the molecule is Cc1ccc(S(=O)(=O)N=C(Nc2cc(C)c([O-])cc2C(C)C)c2ccccc2)cc1. The van der Waals surface area contributed by atoms with Crippen LogP contribution in [0.4, 0.5) is 5.69 Å². The summed E-state index contributed by atoms with van der Waals surface area (Å²) in [6.07, 6.45) is 0. The first kappa shape index (κ1) is 21.6. The van der Waals surface area contributed by atoms with Crippen molar-refractivity contribution in [1.82, 2.24) is 0 Å². The molecule has 0 radical (unpaired) electrons. The second kappa shape index (κ2) is 8.71. The summed E-state index contributed by atoms with van der Waals surface area (Å²) in [5.74, 6) is 0.234. The smallest absolute Gasteiger partial charge is 0.284 e. The zero-order valence-corrected chi connectivity index (χ0v) is 18.3. The summed E-state index contributed by atoms with van der Waals surface area (Å²) >= 11 is 0. The minimum absolute atomic E-state index is 0.0465. The van der Waals surface area contributed by atoms with Crippen LogP contribution in [0.3, 0.4) is 0 Å². The minimum Gasteiger partial charge on any atom is -0.872 e. The number of nitrogens with zero attached hydrogens (tertiary/aromatic N) is 1. The number of amidine groups is 1. The van der Waals surface area contributed by atoms with Gasteiger partial charge < -0.3 is 10.4 Å². The molecule has 6 heteroatoms. The molecule has 3 rings (SSSR count). The van der Waals surface area contributed by atoms with Crippen molar-refractivity contribution in [3.05, 3.63) is 89.0 Å². The topological polar surface area (TPSA) is 81.6 Å². The lowest BCUT2D eigenvalue weighted by Gasteiger charge is -2.21. The van der Waals surface area contributed by atoms with Crippen LogP contribution in [-0.4, -0.2) is 14.3 Å². The molecule has 156 valence electrons. The van der Waals surface area contributed by atoms with Crippen LogP contribution in [0.25, 0.3) is 0 Å². The number of nitrogens with one attached hydrogen (secondary N) is 1. The molecule has 3 aromatic carbocycles. The number of hydrogen-bond acceptors (Lipinski definition) is 3. The summed E-state index contributed by atoms with van der Waals surface area (Å²) in [4.78, 5) is 0.124. The van der Waals surface area contributed by atoms with Gasteiger partial charge in [-0.15, -0.1) is 10.1 Å². The molecule has 0 fully saturated rings. The molecule has 0 aliphatic rings. The molecule has 1 N–H and O–H groups in total. The highest BCUT2D eigenvalue weighted by molar-refractivity contribution is 7.90. The predicted molar refractivity (Wildman–Crippen MR) is 120 cm³/mol. The Morgan fingerprint density at radius 2 is 1.60 bits per heavy atom. The van der Waals surface area contributed by atoms with Crippen LogP contribution in [0.5, 0.6) is 5.75 Å². The Kier molecular flexibility index (Phi) is 6.27. The molecular formula is C24H25N2O3S-. The summed E-state index contributed by atoms with van der Waals surface area (Å²) in [7, 11) is -3.93. The van der Waals surface area contributed by atoms with Gasteiger partial charge >= 0.3 is 0 Å². The van der Waals surface area contributed by atoms with E-state index in [1.807, 2.05) is 39.0 Å². The fourth-order valence-electron chi connectivity index (χ4n) is 3.04. The molecule has 0 spiro atoms. The van der Waals surface area contributed by atoms with Crippen molar-refractivity contribution in [1.29, 1.82) is 0 Å². The molecule has 0 aliphatic heterocycles. The van der Waals surface area contributed by atoms with Crippen LogP contribution in [-0.2, 0) is 10.0 Å². The maximum Gasteiger partial charge on any atom is 0.284 e. The molecule has 30 heavy (non-hydrogen) atoms. The maximum absolute atomic E-state index is 13.0. The lowest BCUT2D eigenvalue weighted by Crippen LogP contribution is -2.18. The maximum atomic E-state index is 13.0. The number of hydrogen-bond donors (Lipinski definition) is 1. The molecule has 3 aromatic rings. The Labute approximate surface area is 178 Å². The van der Waals surface area contributed by atoms with Crippen molar-refractivity contribution in [2.45, 2.75) is 38.5 Å². The van der Waals surface area contributed by atoms with Gasteiger partial charge in [-0.3, -0.25) is 0 Å². The Morgan fingerprint density at radius 1 is 0.967 bits per heavy atom. The van der Waals surface area contributed by atoms with E-state index in [1.54, 1.807) is 55.5 Å². The van der Waals surface area contributed by atoms with Crippen LogP contribution in [0, 0.1) is 13.8 Å². The summed E-state index contributed by atoms with van der Waals surface area (Å²) in [6.45, 7) is 7.60. The lowest BCUT2D eigenvalue weighted by atomic mass is 9.98. The molecule has 0 heterocycles. The van der Waals surface area contributed by atoms with Gasteiger partial charge in [0.2, 0.25) is 0 Å². The fourth-order valence-corrected chi connectivity index (χ4v) is 4.02. The fraction of sp³-hybridized carbons (Fsp3) is 0.208. The molecule has 0 amide bonds. The van der Waals surface area contributed by atoms with Crippen molar-refractivity contribution in [3.63, 3.8) is 0 Å². The zero-order valence-electron chi connectivity index (χ0n) is 17.5.